The molecule has 2 N–H and O–H groups in total. The van der Waals surface area contributed by atoms with Crippen molar-refractivity contribution < 1.29 is 9.18 Å². The summed E-state index contributed by atoms with van der Waals surface area (Å²) in [6.07, 6.45) is 0. The lowest BCUT2D eigenvalue weighted by molar-refractivity contribution is 0.0972. The average Bonchev–Trinajstić information content (AvgIpc) is 2.53. The molecule has 126 valence electrons. The topological polar surface area (TPSA) is 41.1 Å². The lowest BCUT2D eigenvalue weighted by Gasteiger charge is -2.19. The molecule has 0 aromatic heterocycles. The molecule has 0 fully saturated rings. The number of halogens is 1. The molecule has 0 spiro atoms. The molecule has 1 amide bonds. The molecule has 2 rings (SSSR count). The SMILES string of the molecule is CC(C)(C)c1ccc(CNC(=S)NC(=O)c2ccccc2F)cc1. The van der Waals surface area contributed by atoms with Crippen molar-refractivity contribution in [2.24, 2.45) is 0 Å². The lowest BCUT2D eigenvalue weighted by atomic mass is 9.87. The molecule has 2 aromatic rings. The number of hydrogen-bond donors (Lipinski definition) is 2. The van der Waals surface area contributed by atoms with Gasteiger partial charge in [0.1, 0.15) is 5.82 Å². The maximum absolute atomic E-state index is 13.6. The van der Waals surface area contributed by atoms with Crippen LogP contribution >= 0.6 is 12.2 Å². The molecule has 0 aliphatic rings. The van der Waals surface area contributed by atoms with E-state index < -0.39 is 11.7 Å². The van der Waals surface area contributed by atoms with Gasteiger partial charge in [0.05, 0.1) is 5.56 Å². The van der Waals surface area contributed by atoms with Gasteiger partial charge in [-0.25, -0.2) is 4.39 Å². The van der Waals surface area contributed by atoms with Gasteiger partial charge in [-0.15, -0.1) is 0 Å². The fourth-order valence-corrected chi connectivity index (χ4v) is 2.33. The molecule has 0 unspecified atom stereocenters. The second kappa shape index (κ2) is 7.53. The quantitative estimate of drug-likeness (QED) is 0.829. The molecule has 2 aromatic carbocycles. The van der Waals surface area contributed by atoms with E-state index in [0.717, 1.165) is 5.56 Å². The number of carbonyl (C=O) groups is 1. The predicted octanol–water partition coefficient (Wildman–Crippen LogP) is 3.93. The highest BCUT2D eigenvalue weighted by molar-refractivity contribution is 7.80. The van der Waals surface area contributed by atoms with Crippen molar-refractivity contribution in [3.8, 4) is 0 Å². The molecule has 0 saturated carbocycles. The van der Waals surface area contributed by atoms with Gasteiger partial charge < -0.3 is 5.32 Å². The molecule has 0 bridgehead atoms. The first-order valence-electron chi connectivity index (χ1n) is 7.70. The second-order valence-electron chi connectivity index (χ2n) is 6.56. The Morgan fingerprint density at radius 2 is 1.71 bits per heavy atom. The highest BCUT2D eigenvalue weighted by Gasteiger charge is 2.13. The van der Waals surface area contributed by atoms with E-state index in [2.05, 4.69) is 43.5 Å². The summed E-state index contributed by atoms with van der Waals surface area (Å²) >= 11 is 5.09. The van der Waals surface area contributed by atoms with Crippen LogP contribution in [-0.4, -0.2) is 11.0 Å². The van der Waals surface area contributed by atoms with Gasteiger partial charge >= 0.3 is 0 Å². The summed E-state index contributed by atoms with van der Waals surface area (Å²) in [6, 6.07) is 14.0. The van der Waals surface area contributed by atoms with Crippen LogP contribution < -0.4 is 10.6 Å². The van der Waals surface area contributed by atoms with Crippen LogP contribution in [0, 0.1) is 5.82 Å². The van der Waals surface area contributed by atoms with Crippen molar-refractivity contribution in [3.63, 3.8) is 0 Å². The molecule has 0 radical (unpaired) electrons. The summed E-state index contributed by atoms with van der Waals surface area (Å²) in [5.74, 6) is -1.13. The van der Waals surface area contributed by atoms with Crippen LogP contribution in [0.3, 0.4) is 0 Å². The van der Waals surface area contributed by atoms with Crippen molar-refractivity contribution in [2.45, 2.75) is 32.7 Å². The number of benzene rings is 2. The second-order valence-corrected chi connectivity index (χ2v) is 6.97. The molecule has 0 heterocycles. The minimum atomic E-state index is -0.574. The molecule has 0 saturated heterocycles. The van der Waals surface area contributed by atoms with E-state index in [1.165, 1.54) is 23.8 Å². The van der Waals surface area contributed by atoms with Gasteiger partial charge in [-0.05, 0) is 40.9 Å². The van der Waals surface area contributed by atoms with Crippen molar-refractivity contribution in [3.05, 3.63) is 71.0 Å². The maximum Gasteiger partial charge on any atom is 0.260 e. The van der Waals surface area contributed by atoms with Crippen molar-refractivity contribution in [1.82, 2.24) is 10.6 Å². The summed E-state index contributed by atoms with van der Waals surface area (Å²) in [5.41, 5.74) is 2.37. The van der Waals surface area contributed by atoms with Crippen molar-refractivity contribution in [2.75, 3.05) is 0 Å². The summed E-state index contributed by atoms with van der Waals surface area (Å²) in [7, 11) is 0. The van der Waals surface area contributed by atoms with Crippen LogP contribution in [-0.2, 0) is 12.0 Å². The van der Waals surface area contributed by atoms with Gasteiger partial charge in [0.2, 0.25) is 0 Å². The Balaban J connectivity index is 1.89. The van der Waals surface area contributed by atoms with Crippen LogP contribution in [0.4, 0.5) is 4.39 Å². The normalized spacial score (nSPS) is 11.0. The van der Waals surface area contributed by atoms with E-state index in [1.54, 1.807) is 6.07 Å². The number of rotatable bonds is 3. The van der Waals surface area contributed by atoms with Crippen molar-refractivity contribution >= 4 is 23.2 Å². The molecule has 0 aliphatic heterocycles. The predicted molar refractivity (Wildman–Crippen MR) is 98.4 cm³/mol. The first kappa shape index (κ1) is 18.1. The first-order valence-corrected chi connectivity index (χ1v) is 8.11. The molecule has 24 heavy (non-hydrogen) atoms. The lowest BCUT2D eigenvalue weighted by Crippen LogP contribution is -2.39. The Hall–Kier alpha value is -2.27. The first-order chi connectivity index (χ1) is 11.3. The minimum absolute atomic E-state index is 0.0313. The fourth-order valence-electron chi connectivity index (χ4n) is 2.16. The number of amides is 1. The van der Waals surface area contributed by atoms with E-state index in [-0.39, 0.29) is 16.1 Å². The Morgan fingerprint density at radius 3 is 2.29 bits per heavy atom. The summed E-state index contributed by atoms with van der Waals surface area (Å²) in [6.45, 7) is 6.97. The van der Waals surface area contributed by atoms with Crippen LogP contribution in [0.5, 0.6) is 0 Å². The maximum atomic E-state index is 13.6. The molecule has 3 nitrogen and oxygen atoms in total. The Labute approximate surface area is 147 Å². The van der Waals surface area contributed by atoms with Crippen LogP contribution in [0.1, 0.15) is 42.3 Å². The van der Waals surface area contributed by atoms with E-state index >= 15 is 0 Å². The van der Waals surface area contributed by atoms with Crippen LogP contribution in [0.25, 0.3) is 0 Å². The zero-order chi connectivity index (χ0) is 17.7. The highest BCUT2D eigenvalue weighted by atomic mass is 32.1. The number of carbonyl (C=O) groups excluding carboxylic acids is 1. The smallest absolute Gasteiger partial charge is 0.260 e. The minimum Gasteiger partial charge on any atom is -0.358 e. The zero-order valence-corrected chi connectivity index (χ0v) is 14.8. The van der Waals surface area contributed by atoms with Gasteiger partial charge in [0.25, 0.3) is 5.91 Å². The largest absolute Gasteiger partial charge is 0.358 e. The number of hydrogen-bond acceptors (Lipinski definition) is 2. The summed E-state index contributed by atoms with van der Waals surface area (Å²) in [4.78, 5) is 12.0. The van der Waals surface area contributed by atoms with E-state index in [9.17, 15) is 9.18 Å². The third kappa shape index (κ3) is 4.86. The van der Waals surface area contributed by atoms with Gasteiger partial charge in [-0.3, -0.25) is 10.1 Å². The molecular formula is C19H21FN2OS. The molecule has 0 atom stereocenters. The summed E-state index contributed by atoms with van der Waals surface area (Å²) in [5, 5.41) is 5.61. The number of thiocarbonyl (C=S) groups is 1. The number of nitrogens with one attached hydrogen (secondary N) is 2. The van der Waals surface area contributed by atoms with E-state index in [4.69, 9.17) is 12.2 Å². The summed E-state index contributed by atoms with van der Waals surface area (Å²) < 4.78 is 13.6. The van der Waals surface area contributed by atoms with E-state index in [0.29, 0.717) is 6.54 Å². The van der Waals surface area contributed by atoms with Gasteiger partial charge in [0.15, 0.2) is 5.11 Å². The van der Waals surface area contributed by atoms with Crippen LogP contribution in [0.15, 0.2) is 48.5 Å². The van der Waals surface area contributed by atoms with Crippen molar-refractivity contribution in [1.29, 1.82) is 0 Å². The molecular weight excluding hydrogens is 323 g/mol. The molecule has 0 aliphatic carbocycles. The average molecular weight is 344 g/mol. The zero-order valence-electron chi connectivity index (χ0n) is 14.0. The van der Waals surface area contributed by atoms with Crippen LogP contribution in [0.2, 0.25) is 0 Å². The fraction of sp³-hybridized carbons (Fsp3) is 0.263. The highest BCUT2D eigenvalue weighted by Crippen LogP contribution is 2.22. The third-order valence-corrected chi connectivity index (χ3v) is 3.86. The Bertz CT molecular complexity index is 736. The van der Waals surface area contributed by atoms with Gasteiger partial charge in [-0.2, -0.15) is 0 Å². The Kier molecular flexibility index (Phi) is 5.67. The molecule has 5 heteroatoms. The standard InChI is InChI=1S/C19H21FN2OS/c1-19(2,3)14-10-8-13(9-11-14)12-21-18(24)22-17(23)15-6-4-5-7-16(15)20/h4-11H,12H2,1-3H3,(H2,21,22,23,24). The van der Waals surface area contributed by atoms with Gasteiger partial charge in [0, 0.05) is 6.54 Å². The Morgan fingerprint density at radius 1 is 1.08 bits per heavy atom. The third-order valence-electron chi connectivity index (χ3n) is 3.62. The monoisotopic (exact) mass is 344 g/mol. The van der Waals surface area contributed by atoms with Gasteiger partial charge in [-0.1, -0.05) is 57.2 Å². The van der Waals surface area contributed by atoms with E-state index in [1.807, 2.05) is 12.1 Å².